The number of rotatable bonds is 4. The Bertz CT molecular complexity index is 1040. The largest absolute Gasteiger partial charge is 0.467 e. The summed E-state index contributed by atoms with van der Waals surface area (Å²) in [7, 11) is 1.55. The van der Waals surface area contributed by atoms with Gasteiger partial charge in [0, 0.05) is 37.6 Å². The van der Waals surface area contributed by atoms with Crippen molar-refractivity contribution in [3.8, 4) is 11.8 Å². The molecule has 0 radical (unpaired) electrons. The lowest BCUT2D eigenvalue weighted by Gasteiger charge is -2.36. The SMILES string of the molecule is COc1nc(N2CC(O)C2)cc(-n2ncc3cc(C)c(C4CNCCO4)cc32)n1. The predicted molar refractivity (Wildman–Crippen MR) is 108 cm³/mol. The molecule has 0 spiro atoms. The molecule has 2 saturated heterocycles. The van der Waals surface area contributed by atoms with Crippen LogP contribution in [0.2, 0.25) is 0 Å². The molecule has 4 heterocycles. The molecule has 9 nitrogen and oxygen atoms in total. The van der Waals surface area contributed by atoms with E-state index >= 15 is 0 Å². The zero-order valence-corrected chi connectivity index (χ0v) is 16.5. The number of β-amino-alcohol motifs (C(OH)–C–C–N with tert-alkyl or cyclic N) is 1. The number of benzene rings is 1. The average molecular weight is 396 g/mol. The van der Waals surface area contributed by atoms with Crippen molar-refractivity contribution < 1.29 is 14.6 Å². The van der Waals surface area contributed by atoms with Gasteiger partial charge in [0.15, 0.2) is 5.82 Å². The zero-order chi connectivity index (χ0) is 20.0. The van der Waals surface area contributed by atoms with Crippen molar-refractivity contribution in [2.24, 2.45) is 0 Å². The molecule has 9 heteroatoms. The van der Waals surface area contributed by atoms with E-state index in [-0.39, 0.29) is 18.2 Å². The molecule has 0 saturated carbocycles. The lowest BCUT2D eigenvalue weighted by molar-refractivity contribution is 0.0274. The number of aromatic nitrogens is 4. The maximum Gasteiger partial charge on any atom is 0.320 e. The van der Waals surface area contributed by atoms with Crippen LogP contribution in [0.4, 0.5) is 5.82 Å². The van der Waals surface area contributed by atoms with E-state index in [0.717, 1.165) is 29.6 Å². The van der Waals surface area contributed by atoms with Crippen molar-refractivity contribution >= 4 is 16.7 Å². The third kappa shape index (κ3) is 3.31. The van der Waals surface area contributed by atoms with Gasteiger partial charge in [-0.15, -0.1) is 0 Å². The highest BCUT2D eigenvalue weighted by Crippen LogP contribution is 2.30. The number of aliphatic hydroxyl groups is 1. The zero-order valence-electron chi connectivity index (χ0n) is 16.5. The lowest BCUT2D eigenvalue weighted by atomic mass is 10.0. The number of anilines is 1. The monoisotopic (exact) mass is 396 g/mol. The molecule has 3 aromatic rings. The molecule has 29 heavy (non-hydrogen) atoms. The Kier molecular flexibility index (Phi) is 4.57. The minimum atomic E-state index is -0.320. The molecular formula is C20H24N6O3. The summed E-state index contributed by atoms with van der Waals surface area (Å²) in [5.41, 5.74) is 3.29. The third-order valence-corrected chi connectivity index (χ3v) is 5.49. The van der Waals surface area contributed by atoms with Crippen LogP contribution in [0, 0.1) is 6.92 Å². The van der Waals surface area contributed by atoms with Crippen LogP contribution in [-0.4, -0.2) is 70.9 Å². The van der Waals surface area contributed by atoms with E-state index in [2.05, 4.69) is 39.4 Å². The van der Waals surface area contributed by atoms with Crippen LogP contribution in [0.3, 0.4) is 0 Å². The van der Waals surface area contributed by atoms with E-state index in [1.165, 1.54) is 5.56 Å². The number of nitrogens with one attached hydrogen (secondary N) is 1. The van der Waals surface area contributed by atoms with Crippen LogP contribution in [0.1, 0.15) is 17.2 Å². The molecule has 1 aromatic carbocycles. The normalized spacial score (nSPS) is 20.1. The van der Waals surface area contributed by atoms with Crippen LogP contribution in [0.15, 0.2) is 24.4 Å². The van der Waals surface area contributed by atoms with Crippen molar-refractivity contribution in [2.75, 3.05) is 44.8 Å². The first-order chi connectivity index (χ1) is 14.1. The molecular weight excluding hydrogens is 372 g/mol. The Labute approximate surface area is 168 Å². The highest BCUT2D eigenvalue weighted by atomic mass is 16.5. The van der Waals surface area contributed by atoms with Gasteiger partial charge in [-0.1, -0.05) is 0 Å². The second kappa shape index (κ2) is 7.25. The number of hydrogen-bond donors (Lipinski definition) is 2. The first kappa shape index (κ1) is 18.3. The van der Waals surface area contributed by atoms with Crippen LogP contribution in [0.5, 0.6) is 6.01 Å². The fourth-order valence-electron chi connectivity index (χ4n) is 3.90. The van der Waals surface area contributed by atoms with Crippen LogP contribution in [-0.2, 0) is 4.74 Å². The van der Waals surface area contributed by atoms with Gasteiger partial charge >= 0.3 is 6.01 Å². The Hall–Kier alpha value is -2.75. The second-order valence-electron chi connectivity index (χ2n) is 7.52. The number of fused-ring (bicyclic) bond motifs is 1. The third-order valence-electron chi connectivity index (χ3n) is 5.49. The van der Waals surface area contributed by atoms with Crippen LogP contribution < -0.4 is 15.0 Å². The molecule has 152 valence electrons. The topological polar surface area (TPSA) is 97.6 Å². The van der Waals surface area contributed by atoms with Crippen molar-refractivity contribution in [3.63, 3.8) is 0 Å². The van der Waals surface area contributed by atoms with E-state index in [1.807, 2.05) is 17.2 Å². The van der Waals surface area contributed by atoms with Crippen molar-refractivity contribution in [1.29, 1.82) is 0 Å². The van der Waals surface area contributed by atoms with Crippen molar-refractivity contribution in [2.45, 2.75) is 19.1 Å². The Morgan fingerprint density at radius 2 is 2.03 bits per heavy atom. The molecule has 0 amide bonds. The van der Waals surface area contributed by atoms with E-state index in [0.29, 0.717) is 31.3 Å². The smallest absolute Gasteiger partial charge is 0.320 e. The molecule has 5 rings (SSSR count). The number of aliphatic hydroxyl groups excluding tert-OH is 1. The molecule has 1 unspecified atom stereocenters. The summed E-state index contributed by atoms with van der Waals surface area (Å²) in [6.07, 6.45) is 1.54. The number of ether oxygens (including phenoxy) is 2. The summed E-state index contributed by atoms with van der Waals surface area (Å²) in [4.78, 5) is 10.9. The fourth-order valence-corrected chi connectivity index (χ4v) is 3.90. The van der Waals surface area contributed by atoms with Gasteiger partial charge in [-0.25, -0.2) is 4.68 Å². The molecule has 0 aliphatic carbocycles. The predicted octanol–water partition coefficient (Wildman–Crippen LogP) is 0.974. The van der Waals surface area contributed by atoms with Crippen LogP contribution in [0.25, 0.3) is 16.7 Å². The fraction of sp³-hybridized carbons (Fsp3) is 0.450. The summed E-state index contributed by atoms with van der Waals surface area (Å²) in [6, 6.07) is 6.42. The number of nitrogens with zero attached hydrogens (tertiary/aromatic N) is 5. The Morgan fingerprint density at radius 1 is 1.21 bits per heavy atom. The van der Waals surface area contributed by atoms with Crippen LogP contribution >= 0.6 is 0 Å². The summed E-state index contributed by atoms with van der Waals surface area (Å²) in [6.45, 7) is 5.58. The van der Waals surface area contributed by atoms with Gasteiger partial charge in [0.25, 0.3) is 0 Å². The molecule has 2 N–H and O–H groups in total. The minimum Gasteiger partial charge on any atom is -0.467 e. The van der Waals surface area contributed by atoms with Gasteiger partial charge in [0.2, 0.25) is 0 Å². The Balaban J connectivity index is 1.58. The van der Waals surface area contributed by atoms with E-state index < -0.39 is 0 Å². The number of methoxy groups -OCH3 is 1. The maximum atomic E-state index is 9.63. The van der Waals surface area contributed by atoms with Gasteiger partial charge in [-0.05, 0) is 30.2 Å². The number of hydrogen-bond acceptors (Lipinski definition) is 8. The molecule has 2 aliphatic heterocycles. The highest BCUT2D eigenvalue weighted by molar-refractivity contribution is 5.82. The summed E-state index contributed by atoms with van der Waals surface area (Å²) < 4.78 is 13.1. The molecule has 2 aromatic heterocycles. The molecule has 2 aliphatic rings. The van der Waals surface area contributed by atoms with E-state index in [4.69, 9.17) is 9.47 Å². The average Bonchev–Trinajstić information content (AvgIpc) is 3.13. The number of morpholine rings is 1. The molecule has 2 fully saturated rings. The quantitative estimate of drug-likeness (QED) is 0.674. The van der Waals surface area contributed by atoms with Gasteiger partial charge in [0.05, 0.1) is 37.6 Å². The van der Waals surface area contributed by atoms with E-state index in [1.54, 1.807) is 11.8 Å². The minimum absolute atomic E-state index is 0.0228. The Morgan fingerprint density at radius 3 is 2.76 bits per heavy atom. The van der Waals surface area contributed by atoms with Gasteiger partial charge in [-0.3, -0.25) is 0 Å². The summed E-state index contributed by atoms with van der Waals surface area (Å²) in [5.74, 6) is 1.34. The van der Waals surface area contributed by atoms with Gasteiger partial charge < -0.3 is 24.8 Å². The molecule has 0 bridgehead atoms. The molecule has 1 atom stereocenters. The van der Waals surface area contributed by atoms with E-state index in [9.17, 15) is 5.11 Å². The van der Waals surface area contributed by atoms with Gasteiger partial charge in [0.1, 0.15) is 5.82 Å². The summed E-state index contributed by atoms with van der Waals surface area (Å²) >= 11 is 0. The second-order valence-corrected chi connectivity index (χ2v) is 7.52. The lowest BCUT2D eigenvalue weighted by Crippen LogP contribution is -2.51. The van der Waals surface area contributed by atoms with Crippen molar-refractivity contribution in [3.05, 3.63) is 35.5 Å². The van der Waals surface area contributed by atoms with Crippen molar-refractivity contribution in [1.82, 2.24) is 25.1 Å². The maximum absolute atomic E-state index is 9.63. The first-order valence-electron chi connectivity index (χ1n) is 9.79. The highest BCUT2D eigenvalue weighted by Gasteiger charge is 2.27. The first-order valence-corrected chi connectivity index (χ1v) is 9.79. The number of aryl methyl sites for hydroxylation is 1. The summed E-state index contributed by atoms with van der Waals surface area (Å²) in [5, 5.41) is 18.6. The standard InChI is InChI=1S/C20H24N6O3/c1-12-5-13-8-22-26(16(13)6-15(12)17-9-21-3-4-29-17)19-7-18(23-20(24-19)28-2)25-10-14(27)11-25/h5-8,14,17,21,27H,3-4,9-11H2,1-2H3. The van der Waals surface area contributed by atoms with Gasteiger partial charge in [-0.2, -0.15) is 15.1 Å².